The molecule has 0 radical (unpaired) electrons. The Hall–Kier alpha value is -2.08. The lowest BCUT2D eigenvalue weighted by atomic mass is 9.96. The van der Waals surface area contributed by atoms with Crippen molar-refractivity contribution >= 4 is 17.5 Å². The highest BCUT2D eigenvalue weighted by Gasteiger charge is 2.33. The lowest BCUT2D eigenvalue weighted by Crippen LogP contribution is -2.48. The first-order valence-corrected chi connectivity index (χ1v) is 9.96. The molecule has 1 aromatic carbocycles. The summed E-state index contributed by atoms with van der Waals surface area (Å²) in [5.74, 6) is 0.263. The number of likely N-dealkylation sites (tertiary alicyclic amines) is 1. The van der Waals surface area contributed by atoms with Gasteiger partial charge in [0, 0.05) is 58.5 Å². The Kier molecular flexibility index (Phi) is 6.72. The number of hydrogen-bond donors (Lipinski definition) is 0. The number of para-hydroxylation sites is 1. The van der Waals surface area contributed by atoms with E-state index in [0.29, 0.717) is 32.5 Å². The number of carbonyl (C=O) groups excluding carboxylic acids is 2. The van der Waals surface area contributed by atoms with Crippen molar-refractivity contribution in [2.24, 2.45) is 5.92 Å². The average Bonchev–Trinajstić information content (AvgIpc) is 2.93. The van der Waals surface area contributed by atoms with Gasteiger partial charge in [-0.2, -0.15) is 0 Å². The molecule has 0 N–H and O–H groups in total. The summed E-state index contributed by atoms with van der Waals surface area (Å²) in [5.41, 5.74) is 2.54. The maximum absolute atomic E-state index is 13.1. The Balaban J connectivity index is 1.59. The SMILES string of the molecule is COCCN1CC(C(=O)N2CCCN(c3ccccc3C)CC2)CCC1=O. The Labute approximate surface area is 162 Å². The highest BCUT2D eigenvalue weighted by Crippen LogP contribution is 2.23. The molecule has 27 heavy (non-hydrogen) atoms. The molecule has 2 heterocycles. The number of benzene rings is 1. The van der Waals surface area contributed by atoms with E-state index in [0.717, 1.165) is 32.6 Å². The molecule has 1 atom stereocenters. The quantitative estimate of drug-likeness (QED) is 0.791. The average molecular weight is 373 g/mol. The van der Waals surface area contributed by atoms with Gasteiger partial charge in [0.1, 0.15) is 0 Å². The fourth-order valence-corrected chi connectivity index (χ4v) is 4.09. The minimum atomic E-state index is -0.0791. The van der Waals surface area contributed by atoms with Gasteiger partial charge >= 0.3 is 0 Å². The number of hydrogen-bond acceptors (Lipinski definition) is 4. The van der Waals surface area contributed by atoms with E-state index in [-0.39, 0.29) is 17.7 Å². The summed E-state index contributed by atoms with van der Waals surface area (Å²) in [6, 6.07) is 8.43. The second kappa shape index (κ2) is 9.22. The van der Waals surface area contributed by atoms with Crippen LogP contribution in [0.3, 0.4) is 0 Å². The summed E-state index contributed by atoms with van der Waals surface area (Å²) in [7, 11) is 1.63. The standard InChI is InChI=1S/C21H31N3O3/c1-17-6-3-4-7-19(17)22-10-5-11-23(13-12-22)21(26)18-8-9-20(25)24(16-18)14-15-27-2/h3-4,6-7,18H,5,8-16H2,1-2H3. The van der Waals surface area contributed by atoms with Crippen LogP contribution in [0.25, 0.3) is 0 Å². The fraction of sp³-hybridized carbons (Fsp3) is 0.619. The molecule has 6 heteroatoms. The van der Waals surface area contributed by atoms with Crippen molar-refractivity contribution < 1.29 is 14.3 Å². The molecule has 148 valence electrons. The fourth-order valence-electron chi connectivity index (χ4n) is 4.09. The number of methoxy groups -OCH3 is 1. The lowest BCUT2D eigenvalue weighted by Gasteiger charge is -2.34. The zero-order valence-corrected chi connectivity index (χ0v) is 16.5. The van der Waals surface area contributed by atoms with E-state index < -0.39 is 0 Å². The number of aryl methyl sites for hydroxylation is 1. The van der Waals surface area contributed by atoms with E-state index in [1.165, 1.54) is 11.3 Å². The molecular weight excluding hydrogens is 342 g/mol. The van der Waals surface area contributed by atoms with Gasteiger partial charge in [-0.3, -0.25) is 9.59 Å². The first-order chi connectivity index (χ1) is 13.1. The molecule has 6 nitrogen and oxygen atoms in total. The van der Waals surface area contributed by atoms with Crippen LogP contribution in [0.1, 0.15) is 24.8 Å². The van der Waals surface area contributed by atoms with Crippen LogP contribution in [0.5, 0.6) is 0 Å². The van der Waals surface area contributed by atoms with Crippen molar-refractivity contribution in [3.8, 4) is 0 Å². The van der Waals surface area contributed by atoms with Gasteiger partial charge < -0.3 is 19.4 Å². The molecule has 2 fully saturated rings. The molecule has 1 unspecified atom stereocenters. The van der Waals surface area contributed by atoms with E-state index in [4.69, 9.17) is 4.74 Å². The minimum Gasteiger partial charge on any atom is -0.383 e. The highest BCUT2D eigenvalue weighted by atomic mass is 16.5. The number of nitrogens with zero attached hydrogens (tertiary/aromatic N) is 3. The van der Waals surface area contributed by atoms with Gasteiger partial charge in [-0.05, 0) is 31.4 Å². The molecule has 0 aromatic heterocycles. The Morgan fingerprint density at radius 3 is 2.78 bits per heavy atom. The maximum atomic E-state index is 13.1. The van der Waals surface area contributed by atoms with Crippen molar-refractivity contribution in [2.45, 2.75) is 26.2 Å². The van der Waals surface area contributed by atoms with Gasteiger partial charge in [0.2, 0.25) is 11.8 Å². The van der Waals surface area contributed by atoms with Crippen LogP contribution in [0, 0.1) is 12.8 Å². The van der Waals surface area contributed by atoms with Crippen LogP contribution in [-0.4, -0.2) is 74.6 Å². The molecule has 0 bridgehead atoms. The van der Waals surface area contributed by atoms with E-state index in [1.807, 2.05) is 4.90 Å². The summed E-state index contributed by atoms with van der Waals surface area (Å²) in [6.07, 6.45) is 2.10. The zero-order valence-electron chi connectivity index (χ0n) is 16.5. The van der Waals surface area contributed by atoms with Gasteiger partial charge in [0.25, 0.3) is 0 Å². The third-order valence-corrected chi connectivity index (χ3v) is 5.68. The first-order valence-electron chi connectivity index (χ1n) is 9.96. The molecule has 2 amide bonds. The van der Waals surface area contributed by atoms with E-state index in [9.17, 15) is 9.59 Å². The van der Waals surface area contributed by atoms with Crippen molar-refractivity contribution in [2.75, 3.05) is 57.9 Å². The second-order valence-electron chi connectivity index (χ2n) is 7.52. The Morgan fingerprint density at radius 2 is 2.00 bits per heavy atom. The lowest BCUT2D eigenvalue weighted by molar-refractivity contribution is -0.143. The molecule has 0 saturated carbocycles. The first kappa shape index (κ1) is 19.7. The molecule has 2 aliphatic rings. The van der Waals surface area contributed by atoms with Crippen LogP contribution < -0.4 is 4.90 Å². The summed E-state index contributed by atoms with van der Waals surface area (Å²) in [6.45, 7) is 7.12. The predicted molar refractivity (Wildman–Crippen MR) is 106 cm³/mol. The van der Waals surface area contributed by atoms with Crippen LogP contribution in [0.2, 0.25) is 0 Å². The summed E-state index contributed by atoms with van der Waals surface area (Å²) in [4.78, 5) is 31.3. The molecule has 2 aliphatic heterocycles. The van der Waals surface area contributed by atoms with Crippen molar-refractivity contribution in [1.29, 1.82) is 0 Å². The monoisotopic (exact) mass is 373 g/mol. The third-order valence-electron chi connectivity index (χ3n) is 5.68. The zero-order chi connectivity index (χ0) is 19.2. The normalized spacial score (nSPS) is 21.3. The summed E-state index contributed by atoms with van der Waals surface area (Å²) >= 11 is 0. The predicted octanol–water partition coefficient (Wildman–Crippen LogP) is 1.92. The van der Waals surface area contributed by atoms with Gasteiger partial charge in [-0.1, -0.05) is 18.2 Å². The molecule has 1 aromatic rings. The van der Waals surface area contributed by atoms with E-state index >= 15 is 0 Å². The third kappa shape index (κ3) is 4.80. The van der Waals surface area contributed by atoms with Crippen LogP contribution in [0.4, 0.5) is 5.69 Å². The number of carbonyl (C=O) groups is 2. The van der Waals surface area contributed by atoms with Gasteiger partial charge in [-0.15, -0.1) is 0 Å². The largest absolute Gasteiger partial charge is 0.383 e. The molecule has 0 aliphatic carbocycles. The van der Waals surface area contributed by atoms with Crippen molar-refractivity contribution in [3.05, 3.63) is 29.8 Å². The Bertz CT molecular complexity index is 664. The van der Waals surface area contributed by atoms with Gasteiger partial charge in [0.15, 0.2) is 0 Å². The highest BCUT2D eigenvalue weighted by molar-refractivity contribution is 5.84. The van der Waals surface area contributed by atoms with Gasteiger partial charge in [-0.25, -0.2) is 0 Å². The van der Waals surface area contributed by atoms with Gasteiger partial charge in [0.05, 0.1) is 12.5 Å². The van der Waals surface area contributed by atoms with Crippen LogP contribution >= 0.6 is 0 Å². The number of piperidine rings is 1. The summed E-state index contributed by atoms with van der Waals surface area (Å²) < 4.78 is 5.09. The molecule has 2 saturated heterocycles. The molecular formula is C21H31N3O3. The van der Waals surface area contributed by atoms with Crippen molar-refractivity contribution in [1.82, 2.24) is 9.80 Å². The number of anilines is 1. The van der Waals surface area contributed by atoms with Crippen LogP contribution in [-0.2, 0) is 14.3 Å². The maximum Gasteiger partial charge on any atom is 0.227 e. The number of amides is 2. The molecule has 0 spiro atoms. The second-order valence-corrected chi connectivity index (χ2v) is 7.52. The minimum absolute atomic E-state index is 0.0791. The van der Waals surface area contributed by atoms with Crippen LogP contribution in [0.15, 0.2) is 24.3 Å². The number of ether oxygens (including phenoxy) is 1. The number of rotatable bonds is 5. The topological polar surface area (TPSA) is 53.1 Å². The Morgan fingerprint density at radius 1 is 1.19 bits per heavy atom. The summed E-state index contributed by atoms with van der Waals surface area (Å²) in [5, 5.41) is 0. The van der Waals surface area contributed by atoms with Crippen molar-refractivity contribution in [3.63, 3.8) is 0 Å². The van der Waals surface area contributed by atoms with E-state index in [1.54, 1.807) is 12.0 Å². The van der Waals surface area contributed by atoms with E-state index in [2.05, 4.69) is 36.1 Å². The molecule has 3 rings (SSSR count). The smallest absolute Gasteiger partial charge is 0.227 e.